The maximum atomic E-state index is 13.6. The average molecular weight is 659 g/mol. The van der Waals surface area contributed by atoms with Gasteiger partial charge in [0.2, 0.25) is 0 Å². The molecule has 4 aromatic carbocycles. The molecule has 45 heavy (non-hydrogen) atoms. The number of allylic oxidation sites excluding steroid dienone is 1. The molecule has 0 atom stereocenters. The van der Waals surface area contributed by atoms with E-state index in [4.69, 9.17) is 33.3 Å². The highest BCUT2D eigenvalue weighted by Gasteiger charge is 2.34. The summed E-state index contributed by atoms with van der Waals surface area (Å²) < 4.78 is 25.8. The third-order valence-corrected chi connectivity index (χ3v) is 8.38. The number of benzene rings is 4. The molecule has 1 saturated heterocycles. The third-order valence-electron chi connectivity index (χ3n) is 6.71. The molecule has 0 radical (unpaired) electrons. The molecular formula is C35H28ClFN2O4S2. The number of amides is 2. The smallest absolute Gasteiger partial charge is 0.270 e. The quantitative estimate of drug-likeness (QED) is 0.0987. The maximum absolute atomic E-state index is 13.6. The van der Waals surface area contributed by atoms with E-state index in [9.17, 15) is 14.0 Å². The van der Waals surface area contributed by atoms with Crippen LogP contribution in [-0.4, -0.2) is 22.7 Å². The second kappa shape index (κ2) is 14.6. The number of nitrogens with one attached hydrogen (secondary N) is 1. The first kappa shape index (κ1) is 32.0. The summed E-state index contributed by atoms with van der Waals surface area (Å²) in [5.41, 5.74) is 3.63. The summed E-state index contributed by atoms with van der Waals surface area (Å²) in [6.07, 6.45) is 4.04. The summed E-state index contributed by atoms with van der Waals surface area (Å²) in [6.45, 7) is 6.44. The number of anilines is 2. The third kappa shape index (κ3) is 7.62. The Bertz CT molecular complexity index is 1810. The first-order valence-corrected chi connectivity index (χ1v) is 15.6. The highest BCUT2D eigenvalue weighted by molar-refractivity contribution is 8.27. The minimum absolute atomic E-state index is 0.253. The molecule has 2 amide bonds. The number of carbonyl (C=O) groups is 2. The Hall–Kier alpha value is -4.44. The number of carbonyl (C=O) groups excluding carboxylic acids is 2. The SMILES string of the molecule is C=CCc1cc(/C=C2/SC(=S)N(c3cccc(C(=O)Nc4ccc(F)cc4)c3)C2=O)cc(OCC)c1OCc1ccccc1Cl. The fourth-order valence-corrected chi connectivity index (χ4v) is 6.12. The largest absolute Gasteiger partial charge is 0.490 e. The van der Waals surface area contributed by atoms with Crippen LogP contribution in [0, 0.1) is 5.82 Å². The van der Waals surface area contributed by atoms with E-state index in [-0.39, 0.29) is 12.5 Å². The molecule has 10 heteroatoms. The molecule has 4 aromatic rings. The topological polar surface area (TPSA) is 67.9 Å². The van der Waals surface area contributed by atoms with E-state index in [1.54, 1.807) is 36.4 Å². The summed E-state index contributed by atoms with van der Waals surface area (Å²) in [4.78, 5) is 28.3. The summed E-state index contributed by atoms with van der Waals surface area (Å²) in [7, 11) is 0. The van der Waals surface area contributed by atoms with Gasteiger partial charge in [-0.15, -0.1) is 6.58 Å². The molecular weight excluding hydrogens is 631 g/mol. The fraction of sp³-hybridized carbons (Fsp3) is 0.114. The van der Waals surface area contributed by atoms with Gasteiger partial charge in [-0.3, -0.25) is 14.5 Å². The lowest BCUT2D eigenvalue weighted by atomic mass is 10.0. The minimum atomic E-state index is -0.403. The first-order chi connectivity index (χ1) is 21.8. The fourth-order valence-electron chi connectivity index (χ4n) is 4.63. The van der Waals surface area contributed by atoms with Crippen LogP contribution in [0.1, 0.15) is 34.0 Å². The summed E-state index contributed by atoms with van der Waals surface area (Å²) in [6, 6.07) is 23.3. The van der Waals surface area contributed by atoms with Gasteiger partial charge in [0.15, 0.2) is 15.8 Å². The Morgan fingerprint density at radius 3 is 2.56 bits per heavy atom. The van der Waals surface area contributed by atoms with Crippen molar-refractivity contribution in [2.24, 2.45) is 0 Å². The lowest BCUT2D eigenvalue weighted by Gasteiger charge is -2.17. The van der Waals surface area contributed by atoms with E-state index in [1.165, 1.54) is 40.9 Å². The van der Waals surface area contributed by atoms with Crippen molar-refractivity contribution < 1.29 is 23.5 Å². The van der Waals surface area contributed by atoms with Gasteiger partial charge in [0.05, 0.1) is 17.2 Å². The summed E-state index contributed by atoms with van der Waals surface area (Å²) >= 11 is 13.1. The van der Waals surface area contributed by atoms with E-state index in [0.29, 0.717) is 55.7 Å². The van der Waals surface area contributed by atoms with E-state index < -0.39 is 11.7 Å². The predicted octanol–water partition coefficient (Wildman–Crippen LogP) is 8.84. The molecule has 0 saturated carbocycles. The molecule has 0 spiro atoms. The second-order valence-corrected chi connectivity index (χ2v) is 11.9. The van der Waals surface area contributed by atoms with Gasteiger partial charge in [0.25, 0.3) is 11.8 Å². The van der Waals surface area contributed by atoms with Gasteiger partial charge in [-0.1, -0.05) is 65.9 Å². The normalized spacial score (nSPS) is 13.7. The minimum Gasteiger partial charge on any atom is -0.490 e. The zero-order valence-corrected chi connectivity index (χ0v) is 26.6. The summed E-state index contributed by atoms with van der Waals surface area (Å²) in [5.74, 6) is -0.00777. The molecule has 0 aromatic heterocycles. The zero-order valence-electron chi connectivity index (χ0n) is 24.2. The molecule has 0 bridgehead atoms. The second-order valence-electron chi connectivity index (χ2n) is 9.84. The monoisotopic (exact) mass is 658 g/mol. The maximum Gasteiger partial charge on any atom is 0.270 e. The number of halogens is 2. The van der Waals surface area contributed by atoms with Crippen molar-refractivity contribution >= 4 is 69.2 Å². The Balaban J connectivity index is 1.40. The van der Waals surface area contributed by atoms with Gasteiger partial charge >= 0.3 is 0 Å². The number of nitrogens with zero attached hydrogens (tertiary/aromatic N) is 1. The molecule has 0 unspecified atom stereocenters. The van der Waals surface area contributed by atoms with Gasteiger partial charge in [-0.05, 0) is 85.6 Å². The Kier molecular flexibility index (Phi) is 10.3. The summed E-state index contributed by atoms with van der Waals surface area (Å²) in [5, 5.41) is 3.34. The van der Waals surface area contributed by atoms with Crippen LogP contribution >= 0.6 is 35.6 Å². The number of thiocarbonyl (C=S) groups is 1. The van der Waals surface area contributed by atoms with E-state index >= 15 is 0 Å². The van der Waals surface area contributed by atoms with Gasteiger partial charge in [-0.25, -0.2) is 4.39 Å². The number of ether oxygens (including phenoxy) is 2. The Morgan fingerprint density at radius 2 is 1.82 bits per heavy atom. The van der Waals surface area contributed by atoms with Crippen molar-refractivity contribution in [3.8, 4) is 11.5 Å². The predicted molar refractivity (Wildman–Crippen MR) is 184 cm³/mol. The Morgan fingerprint density at radius 1 is 1.04 bits per heavy atom. The molecule has 0 aliphatic carbocycles. The number of hydrogen-bond donors (Lipinski definition) is 1. The zero-order chi connectivity index (χ0) is 31.9. The van der Waals surface area contributed by atoms with Crippen molar-refractivity contribution in [2.45, 2.75) is 20.0 Å². The lowest BCUT2D eigenvalue weighted by molar-refractivity contribution is -0.113. The number of rotatable bonds is 11. The van der Waals surface area contributed by atoms with Crippen LogP contribution in [0.15, 0.2) is 102 Å². The van der Waals surface area contributed by atoms with E-state index in [2.05, 4.69) is 11.9 Å². The number of thioether (sulfide) groups is 1. The molecule has 6 nitrogen and oxygen atoms in total. The van der Waals surface area contributed by atoms with Crippen LogP contribution in [-0.2, 0) is 17.8 Å². The van der Waals surface area contributed by atoms with Crippen LogP contribution in [0.4, 0.5) is 15.8 Å². The highest BCUT2D eigenvalue weighted by atomic mass is 35.5. The molecule has 1 N–H and O–H groups in total. The van der Waals surface area contributed by atoms with Crippen LogP contribution in [0.25, 0.3) is 6.08 Å². The van der Waals surface area contributed by atoms with E-state index in [1.807, 2.05) is 43.3 Å². The molecule has 5 rings (SSSR count). The van der Waals surface area contributed by atoms with Crippen LogP contribution in [0.5, 0.6) is 11.5 Å². The molecule has 228 valence electrons. The molecule has 1 heterocycles. The van der Waals surface area contributed by atoms with Crippen molar-refractivity contribution in [2.75, 3.05) is 16.8 Å². The van der Waals surface area contributed by atoms with Crippen LogP contribution < -0.4 is 19.7 Å². The highest BCUT2D eigenvalue weighted by Crippen LogP contribution is 2.39. The molecule has 1 aliphatic rings. The Labute approximate surface area is 275 Å². The van der Waals surface area contributed by atoms with Crippen molar-refractivity contribution in [1.82, 2.24) is 0 Å². The van der Waals surface area contributed by atoms with Crippen LogP contribution in [0.2, 0.25) is 5.02 Å². The standard InChI is InChI=1S/C35H28ClFN2O4S2/c1-3-8-23-17-22(18-30(42-4-2)32(23)43-21-25-9-5-6-12-29(25)36)19-31-34(41)39(35(44)45-31)28-11-7-10-24(20-28)33(40)38-27-15-13-26(37)14-16-27/h3,5-7,9-20H,1,4,8,21H2,2H3,(H,38,40)/b31-19+. The molecule has 1 fully saturated rings. The van der Waals surface area contributed by atoms with Gasteiger partial charge < -0.3 is 14.8 Å². The van der Waals surface area contributed by atoms with Crippen molar-refractivity contribution in [1.29, 1.82) is 0 Å². The van der Waals surface area contributed by atoms with Gasteiger partial charge in [0, 0.05) is 27.4 Å². The van der Waals surface area contributed by atoms with Gasteiger partial charge in [0.1, 0.15) is 12.4 Å². The van der Waals surface area contributed by atoms with Crippen molar-refractivity contribution in [3.63, 3.8) is 0 Å². The first-order valence-electron chi connectivity index (χ1n) is 14.0. The average Bonchev–Trinajstić information content (AvgIpc) is 3.30. The van der Waals surface area contributed by atoms with Crippen molar-refractivity contribution in [3.05, 3.63) is 136 Å². The number of hydrogen-bond acceptors (Lipinski definition) is 6. The lowest BCUT2D eigenvalue weighted by Crippen LogP contribution is -2.27. The van der Waals surface area contributed by atoms with Crippen LogP contribution in [0.3, 0.4) is 0 Å². The van der Waals surface area contributed by atoms with Gasteiger partial charge in [-0.2, -0.15) is 0 Å². The molecule has 1 aliphatic heterocycles. The van der Waals surface area contributed by atoms with E-state index in [0.717, 1.165) is 16.7 Å².